The third kappa shape index (κ3) is 4.23. The van der Waals surface area contributed by atoms with Crippen molar-refractivity contribution in [2.45, 2.75) is 0 Å². The maximum Gasteiger partial charge on any atom is 0.273 e. The number of nitrogens with zero attached hydrogens (tertiary/aromatic N) is 3. The maximum absolute atomic E-state index is 12.3. The van der Waals surface area contributed by atoms with Gasteiger partial charge in [0.1, 0.15) is 5.75 Å². The first-order valence-corrected chi connectivity index (χ1v) is 8.57. The molecular formula is C18H18ClN3O4. The minimum atomic E-state index is -0.497. The molecule has 0 spiro atoms. The van der Waals surface area contributed by atoms with Gasteiger partial charge < -0.3 is 14.5 Å². The van der Waals surface area contributed by atoms with Gasteiger partial charge in [-0.05, 0) is 18.2 Å². The van der Waals surface area contributed by atoms with Crippen molar-refractivity contribution in [3.05, 3.63) is 63.7 Å². The summed E-state index contributed by atoms with van der Waals surface area (Å²) in [5.41, 5.74) is 0.900. The highest BCUT2D eigenvalue weighted by molar-refractivity contribution is 6.33. The Kier molecular flexibility index (Phi) is 5.58. The zero-order chi connectivity index (χ0) is 18.5. The molecule has 26 heavy (non-hydrogen) atoms. The molecule has 2 aromatic carbocycles. The SMILES string of the molecule is O=C(COc1cccc([N+](=O)[O-])c1)N1CCN(c2ccccc2Cl)CC1. The first-order chi connectivity index (χ1) is 12.5. The zero-order valence-corrected chi connectivity index (χ0v) is 14.8. The van der Waals surface area contributed by atoms with Crippen LogP contribution in [-0.4, -0.2) is 48.5 Å². The second-order valence-corrected chi connectivity index (χ2v) is 6.27. The summed E-state index contributed by atoms with van der Waals surface area (Å²) >= 11 is 6.22. The number of hydrogen-bond donors (Lipinski definition) is 0. The minimum absolute atomic E-state index is 0.0664. The second kappa shape index (κ2) is 8.05. The zero-order valence-electron chi connectivity index (χ0n) is 14.0. The molecule has 1 saturated heterocycles. The Balaban J connectivity index is 1.52. The molecule has 1 aliphatic heterocycles. The number of amides is 1. The van der Waals surface area contributed by atoms with E-state index in [1.165, 1.54) is 18.2 Å². The van der Waals surface area contributed by atoms with Crippen LogP contribution in [0.3, 0.4) is 0 Å². The molecule has 0 aliphatic carbocycles. The average Bonchev–Trinajstić information content (AvgIpc) is 2.67. The Morgan fingerprint density at radius 1 is 1.12 bits per heavy atom. The number of nitro groups is 1. The summed E-state index contributed by atoms with van der Waals surface area (Å²) < 4.78 is 5.41. The van der Waals surface area contributed by atoms with Crippen LogP contribution in [0.15, 0.2) is 48.5 Å². The van der Waals surface area contributed by atoms with Gasteiger partial charge in [0, 0.05) is 32.2 Å². The predicted molar refractivity (Wildman–Crippen MR) is 98.8 cm³/mol. The van der Waals surface area contributed by atoms with Gasteiger partial charge in [0.05, 0.1) is 21.7 Å². The van der Waals surface area contributed by atoms with E-state index in [0.717, 1.165) is 5.69 Å². The third-order valence-electron chi connectivity index (χ3n) is 4.22. The Labute approximate surface area is 155 Å². The van der Waals surface area contributed by atoms with Gasteiger partial charge in [0.25, 0.3) is 11.6 Å². The van der Waals surface area contributed by atoms with Gasteiger partial charge in [-0.15, -0.1) is 0 Å². The Morgan fingerprint density at radius 3 is 2.54 bits per heavy atom. The van der Waals surface area contributed by atoms with E-state index in [-0.39, 0.29) is 18.2 Å². The summed E-state index contributed by atoms with van der Waals surface area (Å²) in [4.78, 5) is 26.5. The van der Waals surface area contributed by atoms with Gasteiger partial charge in [0.2, 0.25) is 0 Å². The smallest absolute Gasteiger partial charge is 0.273 e. The summed E-state index contributed by atoms with van der Waals surface area (Å²) in [6.45, 7) is 2.37. The lowest BCUT2D eigenvalue weighted by molar-refractivity contribution is -0.384. The monoisotopic (exact) mass is 375 g/mol. The normalized spacial score (nSPS) is 14.2. The summed E-state index contributed by atoms with van der Waals surface area (Å²) in [5, 5.41) is 11.5. The Bertz CT molecular complexity index is 807. The quantitative estimate of drug-likeness (QED) is 0.593. The molecule has 2 aromatic rings. The molecule has 3 rings (SSSR count). The molecule has 0 N–H and O–H groups in total. The van der Waals surface area contributed by atoms with Crippen LogP contribution >= 0.6 is 11.6 Å². The molecule has 0 saturated carbocycles. The van der Waals surface area contributed by atoms with Crippen molar-refractivity contribution >= 4 is 28.9 Å². The van der Waals surface area contributed by atoms with Crippen LogP contribution in [0.1, 0.15) is 0 Å². The van der Waals surface area contributed by atoms with Crippen LogP contribution in [0.4, 0.5) is 11.4 Å². The van der Waals surface area contributed by atoms with Crippen molar-refractivity contribution in [2.75, 3.05) is 37.7 Å². The number of halogens is 1. The van der Waals surface area contributed by atoms with Gasteiger partial charge in [-0.1, -0.05) is 29.8 Å². The Hall–Kier alpha value is -2.80. The van der Waals surface area contributed by atoms with E-state index in [4.69, 9.17) is 16.3 Å². The van der Waals surface area contributed by atoms with E-state index >= 15 is 0 Å². The predicted octanol–water partition coefficient (Wildman–Crippen LogP) is 2.98. The molecule has 1 aliphatic rings. The fourth-order valence-corrected chi connectivity index (χ4v) is 3.08. The van der Waals surface area contributed by atoms with Gasteiger partial charge >= 0.3 is 0 Å². The van der Waals surface area contributed by atoms with Crippen LogP contribution in [0.25, 0.3) is 0 Å². The minimum Gasteiger partial charge on any atom is -0.484 e. The van der Waals surface area contributed by atoms with Crippen molar-refractivity contribution in [3.63, 3.8) is 0 Å². The molecule has 1 heterocycles. The number of piperazine rings is 1. The number of benzene rings is 2. The van der Waals surface area contributed by atoms with Gasteiger partial charge in [-0.2, -0.15) is 0 Å². The maximum atomic E-state index is 12.3. The third-order valence-corrected chi connectivity index (χ3v) is 4.54. The van der Waals surface area contributed by atoms with Crippen molar-refractivity contribution in [3.8, 4) is 5.75 Å². The highest BCUT2D eigenvalue weighted by atomic mass is 35.5. The summed E-state index contributed by atoms with van der Waals surface area (Å²) in [6, 6.07) is 13.4. The van der Waals surface area contributed by atoms with E-state index in [1.54, 1.807) is 11.0 Å². The fraction of sp³-hybridized carbons (Fsp3) is 0.278. The van der Waals surface area contributed by atoms with Crippen molar-refractivity contribution in [2.24, 2.45) is 0 Å². The van der Waals surface area contributed by atoms with E-state index in [9.17, 15) is 14.9 Å². The molecule has 8 heteroatoms. The highest BCUT2D eigenvalue weighted by Crippen LogP contribution is 2.26. The molecule has 0 bridgehead atoms. The van der Waals surface area contributed by atoms with E-state index in [1.807, 2.05) is 24.3 Å². The lowest BCUT2D eigenvalue weighted by atomic mass is 10.2. The lowest BCUT2D eigenvalue weighted by Crippen LogP contribution is -2.50. The molecule has 1 amide bonds. The molecule has 7 nitrogen and oxygen atoms in total. The van der Waals surface area contributed by atoms with Crippen molar-refractivity contribution in [1.82, 2.24) is 4.90 Å². The van der Waals surface area contributed by atoms with Gasteiger partial charge in [0.15, 0.2) is 6.61 Å². The number of non-ortho nitro benzene ring substituents is 1. The standard InChI is InChI=1S/C18H18ClN3O4/c19-16-6-1-2-7-17(16)20-8-10-21(11-9-20)18(23)13-26-15-5-3-4-14(12-15)22(24)25/h1-7,12H,8-11,13H2. The van der Waals surface area contributed by atoms with Crippen LogP contribution in [0.5, 0.6) is 5.75 Å². The largest absolute Gasteiger partial charge is 0.484 e. The molecule has 0 unspecified atom stereocenters. The first-order valence-electron chi connectivity index (χ1n) is 8.19. The molecule has 1 fully saturated rings. The van der Waals surface area contributed by atoms with Crippen LogP contribution in [-0.2, 0) is 4.79 Å². The molecule has 0 atom stereocenters. The number of hydrogen-bond acceptors (Lipinski definition) is 5. The number of carbonyl (C=O) groups excluding carboxylic acids is 1. The van der Waals surface area contributed by atoms with E-state index < -0.39 is 4.92 Å². The number of carbonyl (C=O) groups is 1. The van der Waals surface area contributed by atoms with Gasteiger partial charge in [-0.25, -0.2) is 0 Å². The molecule has 136 valence electrons. The number of rotatable bonds is 5. The number of ether oxygens (including phenoxy) is 1. The van der Waals surface area contributed by atoms with Crippen LogP contribution in [0.2, 0.25) is 5.02 Å². The lowest BCUT2D eigenvalue weighted by Gasteiger charge is -2.36. The topological polar surface area (TPSA) is 75.9 Å². The van der Waals surface area contributed by atoms with Crippen molar-refractivity contribution < 1.29 is 14.5 Å². The number of nitro benzene ring substituents is 1. The van der Waals surface area contributed by atoms with E-state index in [2.05, 4.69) is 4.90 Å². The highest BCUT2D eigenvalue weighted by Gasteiger charge is 2.22. The first kappa shape index (κ1) is 18.0. The molecule has 0 aromatic heterocycles. The summed E-state index contributed by atoms with van der Waals surface area (Å²) in [5.74, 6) is 0.164. The Morgan fingerprint density at radius 2 is 1.85 bits per heavy atom. The molecule has 0 radical (unpaired) electrons. The molecular weight excluding hydrogens is 358 g/mol. The second-order valence-electron chi connectivity index (χ2n) is 5.86. The van der Waals surface area contributed by atoms with Crippen molar-refractivity contribution in [1.29, 1.82) is 0 Å². The van der Waals surface area contributed by atoms with Crippen LogP contribution < -0.4 is 9.64 Å². The number of para-hydroxylation sites is 1. The summed E-state index contributed by atoms with van der Waals surface area (Å²) in [6.07, 6.45) is 0. The average molecular weight is 376 g/mol. The van der Waals surface area contributed by atoms with Gasteiger partial charge in [-0.3, -0.25) is 14.9 Å². The fourth-order valence-electron chi connectivity index (χ4n) is 2.83. The number of anilines is 1. The van der Waals surface area contributed by atoms with E-state index in [0.29, 0.717) is 37.0 Å². The van der Waals surface area contributed by atoms with Crippen LogP contribution in [0, 0.1) is 10.1 Å². The summed E-state index contributed by atoms with van der Waals surface area (Å²) in [7, 11) is 0.